The lowest BCUT2D eigenvalue weighted by molar-refractivity contribution is 0.159. The molecule has 1 aromatic rings. The van der Waals surface area contributed by atoms with Crippen LogP contribution in [0.4, 0.5) is 0 Å². The number of hydrogen-bond donors (Lipinski definition) is 0. The van der Waals surface area contributed by atoms with Crippen LogP contribution >= 0.6 is 27.5 Å². The van der Waals surface area contributed by atoms with Gasteiger partial charge in [0.1, 0.15) is 0 Å². The largest absolute Gasteiger partial charge is 0.299 e. The second kappa shape index (κ2) is 7.10. The number of nitrogens with zero attached hydrogens (tertiary/aromatic N) is 1. The molecule has 0 bridgehead atoms. The molecular formula is C16H25BrClN. The maximum Gasteiger partial charge on any atom is 0.0406 e. The van der Waals surface area contributed by atoms with Gasteiger partial charge in [-0.25, -0.2) is 0 Å². The Morgan fingerprint density at radius 2 is 1.74 bits per heavy atom. The highest BCUT2D eigenvalue weighted by molar-refractivity contribution is 9.09. The Labute approximate surface area is 131 Å². The molecule has 0 fully saturated rings. The van der Waals surface area contributed by atoms with E-state index < -0.39 is 0 Å². The molecule has 108 valence electrons. The van der Waals surface area contributed by atoms with E-state index >= 15 is 0 Å². The van der Waals surface area contributed by atoms with Crippen LogP contribution in [0.3, 0.4) is 0 Å². The third kappa shape index (κ3) is 5.09. The normalized spacial score (nSPS) is 15.6. The van der Waals surface area contributed by atoms with Crippen molar-refractivity contribution in [2.75, 3.05) is 18.9 Å². The van der Waals surface area contributed by atoms with E-state index in [1.54, 1.807) is 0 Å². The standard InChI is InChI=1S/C16H25BrClN/c1-12(13-6-8-15(18)9-7-13)19(5)11-14(10-17)16(2,3)4/h6-9,12,14H,10-11H2,1-5H3. The topological polar surface area (TPSA) is 3.24 Å². The van der Waals surface area contributed by atoms with Gasteiger partial charge in [0.2, 0.25) is 0 Å². The lowest BCUT2D eigenvalue weighted by Gasteiger charge is -2.35. The fourth-order valence-corrected chi connectivity index (χ4v) is 3.36. The highest BCUT2D eigenvalue weighted by atomic mass is 79.9. The third-order valence-electron chi connectivity index (χ3n) is 3.93. The SMILES string of the molecule is CC(c1ccc(Cl)cc1)N(C)CC(CBr)C(C)(C)C. The molecule has 2 atom stereocenters. The van der Waals surface area contributed by atoms with Gasteiger partial charge in [-0.2, -0.15) is 0 Å². The highest BCUT2D eigenvalue weighted by Crippen LogP contribution is 2.30. The van der Waals surface area contributed by atoms with Crippen LogP contribution in [0.15, 0.2) is 24.3 Å². The van der Waals surface area contributed by atoms with Gasteiger partial charge in [0.15, 0.2) is 0 Å². The number of benzene rings is 1. The molecule has 0 saturated carbocycles. The van der Waals surface area contributed by atoms with Gasteiger partial charge in [0.25, 0.3) is 0 Å². The average molecular weight is 347 g/mol. The molecular weight excluding hydrogens is 322 g/mol. The molecule has 0 N–H and O–H groups in total. The minimum absolute atomic E-state index is 0.317. The first kappa shape index (κ1) is 17.0. The van der Waals surface area contributed by atoms with Crippen LogP contribution in [0.1, 0.15) is 39.3 Å². The van der Waals surface area contributed by atoms with E-state index in [0.29, 0.717) is 17.4 Å². The molecule has 0 amide bonds. The van der Waals surface area contributed by atoms with E-state index in [9.17, 15) is 0 Å². The van der Waals surface area contributed by atoms with Gasteiger partial charge >= 0.3 is 0 Å². The molecule has 19 heavy (non-hydrogen) atoms. The molecule has 1 rings (SSSR count). The highest BCUT2D eigenvalue weighted by Gasteiger charge is 2.26. The Balaban J connectivity index is 2.71. The monoisotopic (exact) mass is 345 g/mol. The Kier molecular flexibility index (Phi) is 6.35. The van der Waals surface area contributed by atoms with Crippen molar-refractivity contribution < 1.29 is 0 Å². The average Bonchev–Trinajstić information content (AvgIpc) is 2.34. The van der Waals surface area contributed by atoms with Crippen molar-refractivity contribution >= 4 is 27.5 Å². The van der Waals surface area contributed by atoms with E-state index in [1.807, 2.05) is 12.1 Å². The summed E-state index contributed by atoms with van der Waals surface area (Å²) >= 11 is 9.59. The lowest BCUT2D eigenvalue weighted by atomic mass is 9.81. The van der Waals surface area contributed by atoms with Crippen molar-refractivity contribution in [3.05, 3.63) is 34.9 Å². The van der Waals surface area contributed by atoms with Gasteiger partial charge < -0.3 is 0 Å². The summed E-state index contributed by atoms with van der Waals surface area (Å²) in [5, 5.41) is 1.83. The molecule has 1 aromatic carbocycles. The molecule has 0 heterocycles. The second-order valence-electron chi connectivity index (χ2n) is 6.38. The van der Waals surface area contributed by atoms with E-state index in [4.69, 9.17) is 11.6 Å². The second-order valence-corrected chi connectivity index (χ2v) is 7.47. The van der Waals surface area contributed by atoms with Gasteiger partial charge in [-0.05, 0) is 43.0 Å². The van der Waals surface area contributed by atoms with Crippen LogP contribution in [0.2, 0.25) is 5.02 Å². The molecule has 0 aliphatic rings. The maximum atomic E-state index is 5.94. The summed E-state index contributed by atoms with van der Waals surface area (Å²) in [5.41, 5.74) is 1.63. The van der Waals surface area contributed by atoms with E-state index in [0.717, 1.165) is 16.9 Å². The number of rotatable bonds is 5. The molecule has 0 radical (unpaired) electrons. The zero-order chi connectivity index (χ0) is 14.6. The van der Waals surface area contributed by atoms with Crippen molar-refractivity contribution in [3.8, 4) is 0 Å². The van der Waals surface area contributed by atoms with Gasteiger partial charge in [-0.15, -0.1) is 0 Å². The van der Waals surface area contributed by atoms with Gasteiger partial charge in [0.05, 0.1) is 0 Å². The van der Waals surface area contributed by atoms with Crippen molar-refractivity contribution in [1.82, 2.24) is 4.90 Å². The molecule has 0 saturated heterocycles. The van der Waals surface area contributed by atoms with Crippen molar-refractivity contribution in [1.29, 1.82) is 0 Å². The van der Waals surface area contributed by atoms with Crippen LogP contribution < -0.4 is 0 Å². The summed E-state index contributed by atoms with van der Waals surface area (Å²) < 4.78 is 0. The number of hydrogen-bond acceptors (Lipinski definition) is 1. The van der Waals surface area contributed by atoms with Gasteiger partial charge in [-0.1, -0.05) is 60.4 Å². The summed E-state index contributed by atoms with van der Waals surface area (Å²) in [7, 11) is 2.20. The Morgan fingerprint density at radius 3 is 2.16 bits per heavy atom. The summed E-state index contributed by atoms with van der Waals surface area (Å²) in [6, 6.07) is 8.56. The summed E-state index contributed by atoms with van der Waals surface area (Å²) in [6.07, 6.45) is 0. The van der Waals surface area contributed by atoms with Crippen LogP contribution in [-0.2, 0) is 0 Å². The Bertz CT molecular complexity index is 383. The Hall–Kier alpha value is -0.0500. The first-order valence-corrected chi connectivity index (χ1v) is 8.27. The smallest absolute Gasteiger partial charge is 0.0406 e. The molecule has 0 spiro atoms. The maximum absolute atomic E-state index is 5.94. The predicted octanol–water partition coefficient (Wildman–Crippen LogP) is 5.39. The minimum atomic E-state index is 0.317. The molecule has 1 nitrogen and oxygen atoms in total. The first-order chi connectivity index (χ1) is 8.75. The quantitative estimate of drug-likeness (QED) is 0.646. The van der Waals surface area contributed by atoms with E-state index in [2.05, 4.69) is 67.7 Å². The molecule has 0 aliphatic carbocycles. The fourth-order valence-electron chi connectivity index (χ4n) is 2.06. The summed E-state index contributed by atoms with van der Waals surface area (Å²) in [4.78, 5) is 2.42. The molecule has 3 heteroatoms. The molecule has 0 aromatic heterocycles. The van der Waals surface area contributed by atoms with E-state index in [-0.39, 0.29) is 0 Å². The number of alkyl halides is 1. The van der Waals surface area contributed by atoms with Crippen LogP contribution in [0.25, 0.3) is 0 Å². The third-order valence-corrected chi connectivity index (χ3v) is 4.97. The Morgan fingerprint density at radius 1 is 1.21 bits per heavy atom. The molecule has 2 unspecified atom stereocenters. The van der Waals surface area contributed by atoms with Gasteiger partial charge in [0, 0.05) is 22.9 Å². The summed E-state index contributed by atoms with van der Waals surface area (Å²) in [6.45, 7) is 10.2. The van der Waals surface area contributed by atoms with Crippen LogP contribution in [-0.4, -0.2) is 23.8 Å². The van der Waals surface area contributed by atoms with E-state index in [1.165, 1.54) is 5.56 Å². The molecule has 0 aliphatic heterocycles. The van der Waals surface area contributed by atoms with Crippen molar-refractivity contribution in [3.63, 3.8) is 0 Å². The van der Waals surface area contributed by atoms with Crippen molar-refractivity contribution in [2.24, 2.45) is 11.3 Å². The zero-order valence-electron chi connectivity index (χ0n) is 12.6. The van der Waals surface area contributed by atoms with Crippen LogP contribution in [0.5, 0.6) is 0 Å². The zero-order valence-corrected chi connectivity index (χ0v) is 14.9. The fraction of sp³-hybridized carbons (Fsp3) is 0.625. The van der Waals surface area contributed by atoms with Crippen molar-refractivity contribution in [2.45, 2.75) is 33.7 Å². The van der Waals surface area contributed by atoms with Crippen LogP contribution in [0, 0.1) is 11.3 Å². The lowest BCUT2D eigenvalue weighted by Crippen LogP contribution is -2.35. The van der Waals surface area contributed by atoms with Gasteiger partial charge in [-0.3, -0.25) is 4.90 Å². The predicted molar refractivity (Wildman–Crippen MR) is 89.2 cm³/mol. The number of halogens is 2. The first-order valence-electron chi connectivity index (χ1n) is 6.77. The summed E-state index contributed by atoms with van der Waals surface area (Å²) in [5.74, 6) is 0.632. The minimum Gasteiger partial charge on any atom is -0.299 e.